The SMILES string of the molecule is O=c1ccccn1-c1cc(N2CCOCC2)nc2c(-c3ccn[nH]3)ccnc12. The molecule has 28 heavy (non-hydrogen) atoms. The number of aromatic nitrogens is 5. The van der Waals surface area contributed by atoms with E-state index in [2.05, 4.69) is 20.1 Å². The number of aromatic amines is 1. The Kier molecular flexibility index (Phi) is 4.10. The summed E-state index contributed by atoms with van der Waals surface area (Å²) < 4.78 is 7.08. The van der Waals surface area contributed by atoms with Crippen molar-refractivity contribution in [3.05, 3.63) is 65.3 Å². The van der Waals surface area contributed by atoms with Crippen LogP contribution in [0.4, 0.5) is 5.82 Å². The molecule has 1 fully saturated rings. The molecule has 5 heterocycles. The van der Waals surface area contributed by atoms with E-state index in [4.69, 9.17) is 9.72 Å². The first-order valence-electron chi connectivity index (χ1n) is 9.11. The second-order valence-corrected chi connectivity index (χ2v) is 6.53. The Balaban J connectivity index is 1.81. The molecule has 0 aliphatic carbocycles. The average Bonchev–Trinajstić information content (AvgIpc) is 3.28. The van der Waals surface area contributed by atoms with Crippen molar-refractivity contribution in [2.24, 2.45) is 0 Å². The van der Waals surface area contributed by atoms with E-state index in [-0.39, 0.29) is 5.56 Å². The van der Waals surface area contributed by atoms with Gasteiger partial charge in [0.25, 0.3) is 5.56 Å². The lowest BCUT2D eigenvalue weighted by Crippen LogP contribution is -2.37. The predicted octanol–water partition coefficient (Wildman–Crippen LogP) is 2.01. The Bertz CT molecular complexity index is 1180. The number of fused-ring (bicyclic) bond motifs is 1. The Hall–Kier alpha value is -3.52. The molecule has 0 atom stereocenters. The molecule has 0 saturated carbocycles. The molecule has 0 aromatic carbocycles. The number of pyridine rings is 3. The van der Waals surface area contributed by atoms with Gasteiger partial charge >= 0.3 is 0 Å². The molecule has 8 nitrogen and oxygen atoms in total. The number of nitrogens with one attached hydrogen (secondary N) is 1. The lowest BCUT2D eigenvalue weighted by atomic mass is 10.1. The molecule has 1 N–H and O–H groups in total. The Labute approximate surface area is 160 Å². The van der Waals surface area contributed by atoms with Crippen LogP contribution in [0.25, 0.3) is 28.0 Å². The molecular formula is C20H18N6O2. The average molecular weight is 374 g/mol. The maximum atomic E-state index is 12.5. The van der Waals surface area contributed by atoms with Gasteiger partial charge in [-0.1, -0.05) is 6.07 Å². The van der Waals surface area contributed by atoms with Crippen LogP contribution in [0, 0.1) is 0 Å². The molecule has 1 saturated heterocycles. The largest absolute Gasteiger partial charge is 0.378 e. The van der Waals surface area contributed by atoms with Gasteiger partial charge in [-0.25, -0.2) is 4.98 Å². The number of nitrogens with zero attached hydrogens (tertiary/aromatic N) is 5. The van der Waals surface area contributed by atoms with Gasteiger partial charge < -0.3 is 9.64 Å². The number of rotatable bonds is 3. The fraction of sp³-hybridized carbons (Fsp3) is 0.200. The second-order valence-electron chi connectivity index (χ2n) is 6.53. The quantitative estimate of drug-likeness (QED) is 0.590. The summed E-state index contributed by atoms with van der Waals surface area (Å²) in [6.45, 7) is 2.81. The van der Waals surface area contributed by atoms with E-state index < -0.39 is 0 Å². The second kappa shape index (κ2) is 6.90. The molecular weight excluding hydrogens is 356 g/mol. The summed E-state index contributed by atoms with van der Waals surface area (Å²) in [5.41, 5.74) is 3.72. The summed E-state index contributed by atoms with van der Waals surface area (Å²) in [5.74, 6) is 0.801. The van der Waals surface area contributed by atoms with Crippen LogP contribution in [0.15, 0.2) is 59.8 Å². The minimum atomic E-state index is -0.114. The Morgan fingerprint density at radius 1 is 1.04 bits per heavy atom. The van der Waals surface area contributed by atoms with E-state index in [1.165, 1.54) is 0 Å². The smallest absolute Gasteiger partial charge is 0.255 e. The van der Waals surface area contributed by atoms with Gasteiger partial charge in [0.15, 0.2) is 0 Å². The first kappa shape index (κ1) is 16.6. The zero-order valence-corrected chi connectivity index (χ0v) is 15.1. The highest BCUT2D eigenvalue weighted by molar-refractivity contribution is 5.95. The van der Waals surface area contributed by atoms with Crippen molar-refractivity contribution < 1.29 is 4.74 Å². The summed E-state index contributed by atoms with van der Waals surface area (Å²) in [4.78, 5) is 24.2. The summed E-state index contributed by atoms with van der Waals surface area (Å²) in [7, 11) is 0. The van der Waals surface area contributed by atoms with Crippen LogP contribution in [0.3, 0.4) is 0 Å². The van der Waals surface area contributed by atoms with Crippen LogP contribution in [-0.4, -0.2) is 51.0 Å². The topological polar surface area (TPSA) is 88.9 Å². The van der Waals surface area contributed by atoms with Crippen molar-refractivity contribution >= 4 is 16.9 Å². The molecule has 5 rings (SSSR count). The summed E-state index contributed by atoms with van der Waals surface area (Å²) in [5, 5.41) is 7.05. The van der Waals surface area contributed by atoms with Crippen molar-refractivity contribution in [2.75, 3.05) is 31.2 Å². The van der Waals surface area contributed by atoms with Gasteiger partial charge in [0.1, 0.15) is 16.9 Å². The van der Waals surface area contributed by atoms with Crippen LogP contribution >= 0.6 is 0 Å². The number of ether oxygens (including phenoxy) is 1. The number of anilines is 1. The maximum absolute atomic E-state index is 12.5. The Morgan fingerprint density at radius 3 is 2.71 bits per heavy atom. The summed E-state index contributed by atoms with van der Waals surface area (Å²) in [6, 6.07) is 10.8. The van der Waals surface area contributed by atoms with Gasteiger partial charge in [0, 0.05) is 49.4 Å². The zero-order chi connectivity index (χ0) is 18.9. The molecule has 4 aromatic heterocycles. The van der Waals surface area contributed by atoms with E-state index in [9.17, 15) is 4.79 Å². The Morgan fingerprint density at radius 2 is 1.93 bits per heavy atom. The maximum Gasteiger partial charge on any atom is 0.255 e. The van der Waals surface area contributed by atoms with Crippen LogP contribution in [0.5, 0.6) is 0 Å². The minimum absolute atomic E-state index is 0.114. The third-order valence-corrected chi connectivity index (χ3v) is 4.87. The summed E-state index contributed by atoms with van der Waals surface area (Å²) >= 11 is 0. The third-order valence-electron chi connectivity index (χ3n) is 4.87. The fourth-order valence-electron chi connectivity index (χ4n) is 3.48. The van der Waals surface area contributed by atoms with Crippen molar-refractivity contribution in [1.29, 1.82) is 0 Å². The normalized spacial score (nSPS) is 14.5. The van der Waals surface area contributed by atoms with Crippen LogP contribution in [-0.2, 0) is 4.74 Å². The predicted molar refractivity (Wildman–Crippen MR) is 106 cm³/mol. The molecule has 140 valence electrons. The number of H-pyrrole nitrogens is 1. The molecule has 1 aliphatic heterocycles. The highest BCUT2D eigenvalue weighted by Gasteiger charge is 2.19. The zero-order valence-electron chi connectivity index (χ0n) is 15.1. The van der Waals surface area contributed by atoms with Crippen molar-refractivity contribution in [1.82, 2.24) is 24.7 Å². The molecule has 1 aliphatic rings. The standard InChI is InChI=1S/C20H18N6O2/c27-18-3-1-2-8-26(18)16-13-17(25-9-11-28-12-10-25)23-19-14(4-6-21-20(16)19)15-5-7-22-24-15/h1-8,13H,9-12H2,(H,22,24). The molecule has 8 heteroatoms. The van der Waals surface area contributed by atoms with Gasteiger partial charge in [0.2, 0.25) is 0 Å². The van der Waals surface area contributed by atoms with Crippen LogP contribution < -0.4 is 10.5 Å². The molecule has 4 aromatic rings. The highest BCUT2D eigenvalue weighted by atomic mass is 16.5. The molecule has 0 radical (unpaired) electrons. The lowest BCUT2D eigenvalue weighted by Gasteiger charge is -2.28. The van der Waals surface area contributed by atoms with E-state index in [1.54, 1.807) is 35.3 Å². The minimum Gasteiger partial charge on any atom is -0.378 e. The fourth-order valence-corrected chi connectivity index (χ4v) is 3.48. The number of hydrogen-bond acceptors (Lipinski definition) is 6. The molecule has 0 bridgehead atoms. The van der Waals surface area contributed by atoms with Crippen molar-refractivity contribution in [3.8, 4) is 16.9 Å². The van der Waals surface area contributed by atoms with E-state index in [0.29, 0.717) is 24.4 Å². The lowest BCUT2D eigenvalue weighted by molar-refractivity contribution is 0.122. The van der Waals surface area contributed by atoms with Crippen molar-refractivity contribution in [3.63, 3.8) is 0 Å². The van der Waals surface area contributed by atoms with E-state index in [1.807, 2.05) is 24.3 Å². The molecule has 0 amide bonds. The van der Waals surface area contributed by atoms with E-state index >= 15 is 0 Å². The molecule has 0 spiro atoms. The van der Waals surface area contributed by atoms with Gasteiger partial charge in [-0.15, -0.1) is 0 Å². The highest BCUT2D eigenvalue weighted by Crippen LogP contribution is 2.30. The van der Waals surface area contributed by atoms with Crippen molar-refractivity contribution in [2.45, 2.75) is 0 Å². The van der Waals surface area contributed by atoms with Gasteiger partial charge in [-0.2, -0.15) is 5.10 Å². The van der Waals surface area contributed by atoms with Crippen LogP contribution in [0.1, 0.15) is 0 Å². The molecule has 0 unspecified atom stereocenters. The van der Waals surface area contributed by atoms with Gasteiger partial charge in [-0.05, 0) is 18.2 Å². The van der Waals surface area contributed by atoms with Gasteiger partial charge in [0.05, 0.1) is 24.6 Å². The summed E-state index contributed by atoms with van der Waals surface area (Å²) in [6.07, 6.45) is 5.19. The third kappa shape index (κ3) is 2.84. The van der Waals surface area contributed by atoms with E-state index in [0.717, 1.165) is 35.7 Å². The number of morpholine rings is 1. The monoisotopic (exact) mass is 374 g/mol. The first-order chi connectivity index (χ1) is 13.8. The van der Waals surface area contributed by atoms with Gasteiger partial charge in [-0.3, -0.25) is 19.4 Å². The first-order valence-corrected chi connectivity index (χ1v) is 9.11. The number of hydrogen-bond donors (Lipinski definition) is 1. The van der Waals surface area contributed by atoms with Crippen LogP contribution in [0.2, 0.25) is 0 Å².